The Labute approximate surface area is 101 Å². The molecule has 2 fully saturated rings. The van der Waals surface area contributed by atoms with Crippen molar-refractivity contribution in [3.8, 4) is 0 Å². The molecule has 0 aromatic carbocycles. The summed E-state index contributed by atoms with van der Waals surface area (Å²) in [4.78, 5) is 0. The molecule has 5 heteroatoms. The van der Waals surface area contributed by atoms with E-state index in [0.717, 1.165) is 11.5 Å². The van der Waals surface area contributed by atoms with Gasteiger partial charge in [-0.2, -0.15) is 11.8 Å². The SMILES string of the molecule is CO[C@H]1CSC[C@@H](OC)[C@H]2OC(C)(C)O[C@@H]21. The van der Waals surface area contributed by atoms with Gasteiger partial charge in [0.25, 0.3) is 0 Å². The Morgan fingerprint density at radius 2 is 1.44 bits per heavy atom. The second kappa shape index (κ2) is 4.82. The van der Waals surface area contributed by atoms with Crippen LogP contribution in [-0.4, -0.2) is 55.9 Å². The minimum atomic E-state index is -0.537. The highest BCUT2D eigenvalue weighted by Gasteiger charge is 2.50. The van der Waals surface area contributed by atoms with E-state index in [2.05, 4.69) is 0 Å². The molecule has 2 heterocycles. The van der Waals surface area contributed by atoms with Crippen molar-refractivity contribution in [3.05, 3.63) is 0 Å². The number of thioether (sulfide) groups is 1. The van der Waals surface area contributed by atoms with Gasteiger partial charge in [0.2, 0.25) is 0 Å². The molecule has 0 saturated carbocycles. The predicted octanol–water partition coefficient (Wildman–Crippen LogP) is 1.28. The third kappa shape index (κ3) is 2.38. The average Bonchev–Trinajstić information content (AvgIpc) is 2.46. The Morgan fingerprint density at radius 1 is 1.00 bits per heavy atom. The number of fused-ring (bicyclic) bond motifs is 1. The van der Waals surface area contributed by atoms with Gasteiger partial charge in [-0.1, -0.05) is 0 Å². The van der Waals surface area contributed by atoms with E-state index in [9.17, 15) is 0 Å². The van der Waals surface area contributed by atoms with Crippen LogP contribution in [0, 0.1) is 0 Å². The van der Waals surface area contributed by atoms with E-state index in [4.69, 9.17) is 18.9 Å². The van der Waals surface area contributed by atoms with E-state index < -0.39 is 5.79 Å². The van der Waals surface area contributed by atoms with Crippen molar-refractivity contribution in [2.45, 2.75) is 44.1 Å². The summed E-state index contributed by atoms with van der Waals surface area (Å²) in [7, 11) is 3.45. The third-order valence-electron chi connectivity index (χ3n) is 3.07. The van der Waals surface area contributed by atoms with Gasteiger partial charge in [-0.25, -0.2) is 0 Å². The first-order chi connectivity index (χ1) is 7.57. The van der Waals surface area contributed by atoms with Crippen LogP contribution in [0.3, 0.4) is 0 Å². The summed E-state index contributed by atoms with van der Waals surface area (Å²) in [5, 5.41) is 0. The number of rotatable bonds is 2. The Kier molecular flexibility index (Phi) is 3.81. The van der Waals surface area contributed by atoms with Gasteiger partial charge in [0, 0.05) is 25.7 Å². The number of ether oxygens (including phenoxy) is 4. The van der Waals surface area contributed by atoms with E-state index in [1.54, 1.807) is 14.2 Å². The lowest BCUT2D eigenvalue weighted by Gasteiger charge is -2.24. The van der Waals surface area contributed by atoms with Crippen LogP contribution >= 0.6 is 11.8 Å². The minimum Gasteiger partial charge on any atom is -0.378 e. The van der Waals surface area contributed by atoms with Crippen molar-refractivity contribution in [3.63, 3.8) is 0 Å². The molecule has 16 heavy (non-hydrogen) atoms. The molecular weight excluding hydrogens is 228 g/mol. The quantitative estimate of drug-likeness (QED) is 0.736. The fourth-order valence-corrected chi connectivity index (χ4v) is 3.54. The standard InChI is InChI=1S/C11H20O4S/c1-11(2)14-9-7(12-3)5-16-6-8(13-4)10(9)15-11/h7-10H,5-6H2,1-4H3/t7-,8+,9-,10-/m1/s1. The monoisotopic (exact) mass is 248 g/mol. The van der Waals surface area contributed by atoms with Crippen molar-refractivity contribution in [1.82, 2.24) is 0 Å². The van der Waals surface area contributed by atoms with Crippen LogP contribution < -0.4 is 0 Å². The van der Waals surface area contributed by atoms with Crippen molar-refractivity contribution in [1.29, 1.82) is 0 Å². The molecule has 2 saturated heterocycles. The molecule has 4 nitrogen and oxygen atoms in total. The lowest BCUT2D eigenvalue weighted by atomic mass is 10.1. The number of hydrogen-bond donors (Lipinski definition) is 0. The summed E-state index contributed by atoms with van der Waals surface area (Å²) in [6.07, 6.45) is 0.105. The first kappa shape index (κ1) is 12.6. The summed E-state index contributed by atoms with van der Waals surface area (Å²) in [5.41, 5.74) is 0. The Morgan fingerprint density at radius 3 is 1.81 bits per heavy atom. The number of hydrogen-bond acceptors (Lipinski definition) is 5. The first-order valence-corrected chi connectivity index (χ1v) is 6.72. The van der Waals surface area contributed by atoms with Crippen LogP contribution in [0.15, 0.2) is 0 Å². The summed E-state index contributed by atoms with van der Waals surface area (Å²) in [6, 6.07) is 0. The Hall–Kier alpha value is 0.190. The normalized spacial score (nSPS) is 42.8. The van der Waals surface area contributed by atoms with Crippen molar-refractivity contribution >= 4 is 11.8 Å². The fraction of sp³-hybridized carbons (Fsp3) is 1.00. The van der Waals surface area contributed by atoms with E-state index in [1.807, 2.05) is 25.6 Å². The maximum atomic E-state index is 5.93. The molecule has 2 aliphatic heterocycles. The van der Waals surface area contributed by atoms with Gasteiger partial charge in [-0.3, -0.25) is 0 Å². The van der Waals surface area contributed by atoms with Crippen LogP contribution in [0.1, 0.15) is 13.8 Å². The molecule has 2 aliphatic rings. The largest absolute Gasteiger partial charge is 0.378 e. The highest BCUT2D eigenvalue weighted by atomic mass is 32.2. The molecule has 4 atom stereocenters. The van der Waals surface area contributed by atoms with Gasteiger partial charge in [0.15, 0.2) is 5.79 Å². The van der Waals surface area contributed by atoms with Crippen LogP contribution in [0.4, 0.5) is 0 Å². The molecule has 0 N–H and O–H groups in total. The molecule has 0 amide bonds. The van der Waals surface area contributed by atoms with E-state index >= 15 is 0 Å². The molecule has 0 spiro atoms. The molecule has 2 rings (SSSR count). The fourth-order valence-electron chi connectivity index (χ4n) is 2.29. The summed E-state index contributed by atoms with van der Waals surface area (Å²) >= 11 is 1.83. The molecule has 0 aromatic rings. The molecule has 0 aliphatic carbocycles. The molecular formula is C11H20O4S. The predicted molar refractivity (Wildman–Crippen MR) is 62.7 cm³/mol. The highest BCUT2D eigenvalue weighted by Crippen LogP contribution is 2.37. The lowest BCUT2D eigenvalue weighted by molar-refractivity contribution is -0.161. The number of methoxy groups -OCH3 is 2. The van der Waals surface area contributed by atoms with Crippen LogP contribution in [0.25, 0.3) is 0 Å². The van der Waals surface area contributed by atoms with E-state index in [-0.39, 0.29) is 24.4 Å². The topological polar surface area (TPSA) is 36.9 Å². The van der Waals surface area contributed by atoms with Gasteiger partial charge in [-0.15, -0.1) is 0 Å². The zero-order valence-electron chi connectivity index (χ0n) is 10.3. The third-order valence-corrected chi connectivity index (χ3v) is 4.19. The van der Waals surface area contributed by atoms with Gasteiger partial charge in [0.05, 0.1) is 12.2 Å². The van der Waals surface area contributed by atoms with Crippen molar-refractivity contribution in [2.24, 2.45) is 0 Å². The molecule has 0 radical (unpaired) electrons. The zero-order valence-corrected chi connectivity index (χ0v) is 11.1. The van der Waals surface area contributed by atoms with Crippen molar-refractivity contribution in [2.75, 3.05) is 25.7 Å². The summed E-state index contributed by atoms with van der Waals surface area (Å²) in [5.74, 6) is 1.32. The molecule has 94 valence electrons. The maximum absolute atomic E-state index is 5.93. The maximum Gasteiger partial charge on any atom is 0.164 e. The van der Waals surface area contributed by atoms with E-state index in [0.29, 0.717) is 0 Å². The second-order valence-electron chi connectivity index (χ2n) is 4.65. The van der Waals surface area contributed by atoms with E-state index in [1.165, 1.54) is 0 Å². The second-order valence-corrected chi connectivity index (χ2v) is 5.73. The van der Waals surface area contributed by atoms with Crippen molar-refractivity contribution < 1.29 is 18.9 Å². The Balaban J connectivity index is 2.18. The van der Waals surface area contributed by atoms with Gasteiger partial charge in [-0.05, 0) is 13.8 Å². The molecule has 0 unspecified atom stereocenters. The van der Waals surface area contributed by atoms with Gasteiger partial charge in [0.1, 0.15) is 12.2 Å². The van der Waals surface area contributed by atoms with Gasteiger partial charge < -0.3 is 18.9 Å². The Bertz CT molecular complexity index is 224. The summed E-state index contributed by atoms with van der Waals surface area (Å²) in [6.45, 7) is 3.88. The summed E-state index contributed by atoms with van der Waals surface area (Å²) < 4.78 is 22.8. The first-order valence-electron chi connectivity index (χ1n) is 5.56. The molecule has 0 aromatic heterocycles. The molecule has 0 bridgehead atoms. The zero-order chi connectivity index (χ0) is 11.8. The van der Waals surface area contributed by atoms with Crippen LogP contribution in [0.2, 0.25) is 0 Å². The van der Waals surface area contributed by atoms with Crippen LogP contribution in [-0.2, 0) is 18.9 Å². The average molecular weight is 248 g/mol. The smallest absolute Gasteiger partial charge is 0.164 e. The highest BCUT2D eigenvalue weighted by molar-refractivity contribution is 7.99. The van der Waals surface area contributed by atoms with Gasteiger partial charge >= 0.3 is 0 Å². The van der Waals surface area contributed by atoms with Crippen LogP contribution in [0.5, 0.6) is 0 Å². The minimum absolute atomic E-state index is 0.0278. The lowest BCUT2D eigenvalue weighted by Crippen LogP contribution is -2.43.